The third kappa shape index (κ3) is 1.78. The number of H-pyrrole nitrogens is 2. The van der Waals surface area contributed by atoms with E-state index in [-0.39, 0.29) is 11.4 Å². The number of hydrogen-bond donors (Lipinski definition) is 2. The quantitative estimate of drug-likeness (QED) is 0.718. The van der Waals surface area contributed by atoms with Crippen LogP contribution in [0.3, 0.4) is 0 Å². The van der Waals surface area contributed by atoms with E-state index in [0.29, 0.717) is 11.5 Å². The van der Waals surface area contributed by atoms with E-state index >= 15 is 0 Å². The summed E-state index contributed by atoms with van der Waals surface area (Å²) in [5.74, 6) is 0.699. The molecule has 0 bridgehead atoms. The lowest BCUT2D eigenvalue weighted by Gasteiger charge is -2.00. The van der Waals surface area contributed by atoms with E-state index in [1.807, 2.05) is 13.8 Å². The van der Waals surface area contributed by atoms with E-state index in [9.17, 15) is 9.59 Å². The topological polar surface area (TPSA) is 109 Å². The van der Waals surface area contributed by atoms with Gasteiger partial charge in [0.25, 0.3) is 5.56 Å². The molecule has 0 aromatic carbocycles. The first-order valence-electron chi connectivity index (χ1n) is 6.00. The average molecular weight is 292 g/mol. The molecule has 20 heavy (non-hydrogen) atoms. The fraction of sp³-hybridized carbons (Fsp3) is 0.364. The second-order valence-corrected chi connectivity index (χ2v) is 5.50. The van der Waals surface area contributed by atoms with Crippen molar-refractivity contribution in [1.29, 1.82) is 0 Å². The Morgan fingerprint density at radius 3 is 2.70 bits per heavy atom. The summed E-state index contributed by atoms with van der Waals surface area (Å²) in [6.07, 6.45) is 0. The van der Waals surface area contributed by atoms with Crippen molar-refractivity contribution in [3.63, 3.8) is 0 Å². The Kier molecular flexibility index (Phi) is 2.78. The predicted molar refractivity (Wildman–Crippen MR) is 74.9 cm³/mol. The second-order valence-electron chi connectivity index (χ2n) is 4.74. The largest absolute Gasteiger partial charge is 0.331 e. The molecule has 3 rings (SSSR count). The molecule has 9 heteroatoms. The lowest BCUT2D eigenvalue weighted by atomic mass is 10.1. The monoisotopic (exact) mass is 292 g/mol. The Balaban J connectivity index is 2.32. The van der Waals surface area contributed by atoms with E-state index in [2.05, 4.69) is 24.5 Å². The summed E-state index contributed by atoms with van der Waals surface area (Å²) < 4.78 is 5.22. The van der Waals surface area contributed by atoms with Crippen LogP contribution in [-0.2, 0) is 7.05 Å². The molecule has 0 amide bonds. The Hall–Kier alpha value is -2.29. The molecular formula is C11H12N6O2S. The van der Waals surface area contributed by atoms with Gasteiger partial charge in [0.15, 0.2) is 11.5 Å². The van der Waals surface area contributed by atoms with E-state index in [4.69, 9.17) is 0 Å². The summed E-state index contributed by atoms with van der Waals surface area (Å²) in [6.45, 7) is 4.01. The minimum atomic E-state index is -0.493. The Labute approximate surface area is 116 Å². The number of nitrogens with zero attached hydrogens (tertiary/aromatic N) is 4. The Morgan fingerprint density at radius 2 is 2.00 bits per heavy atom. The van der Waals surface area contributed by atoms with Crippen LogP contribution in [0.25, 0.3) is 21.9 Å². The maximum Gasteiger partial charge on any atom is 0.329 e. The van der Waals surface area contributed by atoms with Crippen molar-refractivity contribution in [3.8, 4) is 10.7 Å². The lowest BCUT2D eigenvalue weighted by Crippen LogP contribution is -2.28. The van der Waals surface area contributed by atoms with Gasteiger partial charge in [-0.1, -0.05) is 18.3 Å². The standard InChI is InChI=1S/C11H12N6O2S/c1-4(2)5-7(20-16-15-5)8-12-6-9(13-8)17(3)11(19)14-10(6)18/h4H,1-3H3,(H,12,13)(H,14,18,19). The zero-order valence-corrected chi connectivity index (χ0v) is 11.9. The summed E-state index contributed by atoms with van der Waals surface area (Å²) in [6, 6.07) is 0. The minimum Gasteiger partial charge on any atom is -0.331 e. The van der Waals surface area contributed by atoms with E-state index in [0.717, 1.165) is 10.6 Å². The molecular weight excluding hydrogens is 280 g/mol. The predicted octanol–water partition coefficient (Wildman–Crippen LogP) is 0.592. The number of imidazole rings is 1. The van der Waals surface area contributed by atoms with Gasteiger partial charge >= 0.3 is 5.69 Å². The number of aromatic nitrogens is 6. The molecule has 0 aliphatic carbocycles. The third-order valence-electron chi connectivity index (χ3n) is 3.03. The highest BCUT2D eigenvalue weighted by Gasteiger charge is 2.18. The summed E-state index contributed by atoms with van der Waals surface area (Å²) in [5.41, 5.74) is 0.426. The summed E-state index contributed by atoms with van der Waals surface area (Å²) in [7, 11) is 1.56. The van der Waals surface area contributed by atoms with Gasteiger partial charge in [-0.15, -0.1) is 5.10 Å². The lowest BCUT2D eigenvalue weighted by molar-refractivity contribution is 0.812. The summed E-state index contributed by atoms with van der Waals surface area (Å²) in [4.78, 5) is 33.6. The van der Waals surface area contributed by atoms with Crippen LogP contribution in [0.2, 0.25) is 0 Å². The molecule has 8 nitrogen and oxygen atoms in total. The Morgan fingerprint density at radius 1 is 1.25 bits per heavy atom. The van der Waals surface area contributed by atoms with E-state index < -0.39 is 11.2 Å². The molecule has 2 N–H and O–H groups in total. The van der Waals surface area contributed by atoms with Crippen LogP contribution < -0.4 is 11.2 Å². The maximum absolute atomic E-state index is 11.8. The van der Waals surface area contributed by atoms with Crippen molar-refractivity contribution < 1.29 is 0 Å². The minimum absolute atomic E-state index is 0.194. The van der Waals surface area contributed by atoms with Crippen molar-refractivity contribution in [2.24, 2.45) is 7.05 Å². The summed E-state index contributed by atoms with van der Waals surface area (Å²) in [5, 5.41) is 4.08. The van der Waals surface area contributed by atoms with Crippen LogP contribution in [0.4, 0.5) is 0 Å². The molecule has 3 aromatic heterocycles. The summed E-state index contributed by atoms with van der Waals surface area (Å²) >= 11 is 1.21. The number of aromatic amines is 2. The van der Waals surface area contributed by atoms with Crippen molar-refractivity contribution in [3.05, 3.63) is 26.5 Å². The Bertz CT molecular complexity index is 900. The zero-order valence-electron chi connectivity index (χ0n) is 11.1. The molecule has 0 aliphatic rings. The van der Waals surface area contributed by atoms with Gasteiger partial charge in [0, 0.05) is 7.05 Å². The zero-order chi connectivity index (χ0) is 14.4. The van der Waals surface area contributed by atoms with Crippen molar-refractivity contribution in [1.82, 2.24) is 29.1 Å². The highest BCUT2D eigenvalue weighted by molar-refractivity contribution is 7.09. The third-order valence-corrected chi connectivity index (χ3v) is 3.78. The molecule has 0 fully saturated rings. The molecule has 104 valence electrons. The highest BCUT2D eigenvalue weighted by Crippen LogP contribution is 2.29. The number of aryl methyl sites for hydroxylation is 1. The van der Waals surface area contributed by atoms with Gasteiger partial charge in [-0.05, 0) is 17.5 Å². The SMILES string of the molecule is CC(C)c1nnsc1-c1nc2c([nH]1)c(=O)[nH]c(=O)n2C. The van der Waals surface area contributed by atoms with Crippen molar-refractivity contribution >= 4 is 22.7 Å². The van der Waals surface area contributed by atoms with Crippen LogP contribution in [-0.4, -0.2) is 29.1 Å². The van der Waals surface area contributed by atoms with Crippen molar-refractivity contribution in [2.45, 2.75) is 19.8 Å². The van der Waals surface area contributed by atoms with Crippen molar-refractivity contribution in [2.75, 3.05) is 0 Å². The van der Waals surface area contributed by atoms with Crippen LogP contribution >= 0.6 is 11.5 Å². The number of rotatable bonds is 2. The first-order valence-corrected chi connectivity index (χ1v) is 6.78. The first kappa shape index (κ1) is 12.7. The second kappa shape index (κ2) is 4.37. The van der Waals surface area contributed by atoms with Gasteiger partial charge in [0.2, 0.25) is 0 Å². The highest BCUT2D eigenvalue weighted by atomic mass is 32.1. The van der Waals surface area contributed by atoms with Gasteiger partial charge in [-0.3, -0.25) is 14.3 Å². The van der Waals surface area contributed by atoms with Gasteiger partial charge in [-0.2, -0.15) is 0 Å². The molecule has 0 saturated heterocycles. The molecule has 3 heterocycles. The molecule has 0 atom stereocenters. The fourth-order valence-electron chi connectivity index (χ4n) is 1.95. The van der Waals surface area contributed by atoms with Crippen LogP contribution in [0.1, 0.15) is 25.5 Å². The van der Waals surface area contributed by atoms with E-state index in [1.165, 1.54) is 16.1 Å². The average Bonchev–Trinajstić information content (AvgIpc) is 3.02. The van der Waals surface area contributed by atoms with E-state index in [1.54, 1.807) is 7.05 Å². The van der Waals surface area contributed by atoms with Crippen LogP contribution in [0.15, 0.2) is 9.59 Å². The molecule has 0 saturated carbocycles. The molecule has 0 radical (unpaired) electrons. The van der Waals surface area contributed by atoms with Gasteiger partial charge in [0.1, 0.15) is 10.4 Å². The van der Waals surface area contributed by atoms with Gasteiger partial charge in [0.05, 0.1) is 5.69 Å². The van der Waals surface area contributed by atoms with Crippen LogP contribution in [0, 0.1) is 0 Å². The molecule has 3 aromatic rings. The molecule has 0 aliphatic heterocycles. The number of fused-ring (bicyclic) bond motifs is 1. The molecule has 0 spiro atoms. The first-order chi connectivity index (χ1) is 9.49. The smallest absolute Gasteiger partial charge is 0.329 e. The fourth-order valence-corrected chi connectivity index (χ4v) is 2.72. The normalized spacial score (nSPS) is 11.6. The molecule has 0 unspecified atom stereocenters. The van der Waals surface area contributed by atoms with Gasteiger partial charge < -0.3 is 4.98 Å². The van der Waals surface area contributed by atoms with Crippen LogP contribution in [0.5, 0.6) is 0 Å². The number of hydrogen-bond acceptors (Lipinski definition) is 6. The maximum atomic E-state index is 11.8. The van der Waals surface area contributed by atoms with Gasteiger partial charge in [-0.25, -0.2) is 9.78 Å². The number of nitrogens with one attached hydrogen (secondary N) is 2.